The minimum Gasteiger partial charge on any atom is -0.276 e. The van der Waals surface area contributed by atoms with Crippen molar-refractivity contribution < 1.29 is 0 Å². The van der Waals surface area contributed by atoms with Crippen LogP contribution >= 0.6 is 0 Å². The van der Waals surface area contributed by atoms with E-state index in [1.807, 2.05) is 48.5 Å². The lowest BCUT2D eigenvalue weighted by atomic mass is 10.1. The molecule has 0 amide bonds. The van der Waals surface area contributed by atoms with Crippen molar-refractivity contribution in [3.8, 4) is 34.2 Å². The van der Waals surface area contributed by atoms with Gasteiger partial charge in [0, 0.05) is 11.1 Å². The lowest BCUT2D eigenvalue weighted by Gasteiger charge is -2.14. The second-order valence-corrected chi connectivity index (χ2v) is 7.38. The fraction of sp³-hybridized carbons (Fsp3) is 0.0833. The highest BCUT2D eigenvalue weighted by molar-refractivity contribution is 5.68. The minimum atomic E-state index is -0.0766. The fourth-order valence-electron chi connectivity index (χ4n) is 4.13. The van der Waals surface area contributed by atoms with Crippen molar-refractivity contribution in [2.24, 2.45) is 0 Å². The minimum absolute atomic E-state index is 0.0766. The number of nitrogens with zero attached hydrogens (tertiary/aromatic N) is 6. The largest absolute Gasteiger partial charge is 0.276 e. The van der Waals surface area contributed by atoms with Gasteiger partial charge in [0.1, 0.15) is 11.6 Å². The van der Waals surface area contributed by atoms with Crippen LogP contribution in [0.2, 0.25) is 0 Å². The van der Waals surface area contributed by atoms with Crippen LogP contribution < -0.4 is 0 Å². The summed E-state index contributed by atoms with van der Waals surface area (Å²) >= 11 is 0. The van der Waals surface area contributed by atoms with E-state index >= 15 is 0 Å². The van der Waals surface area contributed by atoms with Gasteiger partial charge in [-0.05, 0) is 19.1 Å². The molecule has 1 aliphatic rings. The SMILES string of the molecule is CC1c2nnc(-c3ccccc3)n2-c2ccccc2-n2c(-c3ccccc3)nnc21. The van der Waals surface area contributed by atoms with E-state index in [2.05, 4.69) is 72.9 Å². The summed E-state index contributed by atoms with van der Waals surface area (Å²) in [6.07, 6.45) is 0. The first-order valence-electron chi connectivity index (χ1n) is 9.94. The van der Waals surface area contributed by atoms with Gasteiger partial charge in [0.25, 0.3) is 0 Å². The van der Waals surface area contributed by atoms with Crippen LogP contribution in [0.1, 0.15) is 24.5 Å². The van der Waals surface area contributed by atoms with Gasteiger partial charge in [-0.2, -0.15) is 0 Å². The van der Waals surface area contributed by atoms with E-state index < -0.39 is 0 Å². The summed E-state index contributed by atoms with van der Waals surface area (Å²) in [5, 5.41) is 18.3. The van der Waals surface area contributed by atoms with Gasteiger partial charge >= 0.3 is 0 Å². The number of hydrogen-bond acceptors (Lipinski definition) is 4. The van der Waals surface area contributed by atoms with Gasteiger partial charge < -0.3 is 0 Å². The van der Waals surface area contributed by atoms with Crippen molar-refractivity contribution in [3.63, 3.8) is 0 Å². The molecule has 6 heteroatoms. The summed E-state index contributed by atoms with van der Waals surface area (Å²) in [7, 11) is 0. The second-order valence-electron chi connectivity index (χ2n) is 7.38. The van der Waals surface area contributed by atoms with Crippen LogP contribution in [0, 0.1) is 0 Å². The molecule has 0 atom stereocenters. The molecule has 0 fully saturated rings. The summed E-state index contributed by atoms with van der Waals surface area (Å²) in [6.45, 7) is 2.11. The quantitative estimate of drug-likeness (QED) is 0.440. The van der Waals surface area contributed by atoms with E-state index in [0.29, 0.717) is 0 Å². The molecule has 0 N–H and O–H groups in total. The second kappa shape index (κ2) is 6.49. The van der Waals surface area contributed by atoms with Gasteiger partial charge in [0.2, 0.25) is 0 Å². The summed E-state index contributed by atoms with van der Waals surface area (Å²) in [5.41, 5.74) is 4.08. The molecule has 0 radical (unpaired) electrons. The Labute approximate surface area is 173 Å². The Morgan fingerprint density at radius 1 is 0.533 bits per heavy atom. The fourth-order valence-corrected chi connectivity index (χ4v) is 4.13. The Balaban J connectivity index is 1.67. The average molecular weight is 390 g/mol. The predicted octanol–water partition coefficient (Wildman–Crippen LogP) is 4.65. The molecule has 0 unspecified atom stereocenters. The highest BCUT2D eigenvalue weighted by atomic mass is 15.3. The van der Waals surface area contributed by atoms with Crippen molar-refractivity contribution in [1.29, 1.82) is 0 Å². The molecule has 6 rings (SSSR count). The van der Waals surface area contributed by atoms with Crippen LogP contribution in [0.25, 0.3) is 34.2 Å². The maximum Gasteiger partial charge on any atom is 0.168 e. The van der Waals surface area contributed by atoms with Crippen LogP contribution in [0.5, 0.6) is 0 Å². The Morgan fingerprint density at radius 3 is 1.37 bits per heavy atom. The lowest BCUT2D eigenvalue weighted by molar-refractivity contribution is 0.730. The number of aromatic nitrogens is 6. The maximum atomic E-state index is 4.59. The van der Waals surface area contributed by atoms with Crippen molar-refractivity contribution in [3.05, 3.63) is 96.6 Å². The van der Waals surface area contributed by atoms with Crippen molar-refractivity contribution in [2.45, 2.75) is 12.8 Å². The van der Waals surface area contributed by atoms with Crippen LogP contribution in [-0.4, -0.2) is 29.5 Å². The number of benzene rings is 3. The van der Waals surface area contributed by atoms with E-state index in [0.717, 1.165) is 45.8 Å². The van der Waals surface area contributed by atoms with Crippen LogP contribution in [-0.2, 0) is 0 Å². The van der Waals surface area contributed by atoms with E-state index in [4.69, 9.17) is 0 Å². The van der Waals surface area contributed by atoms with Crippen LogP contribution in [0.3, 0.4) is 0 Å². The molecule has 5 aromatic rings. The average Bonchev–Trinajstić information content (AvgIpc) is 3.43. The Morgan fingerprint density at radius 2 is 0.933 bits per heavy atom. The third-order valence-corrected chi connectivity index (χ3v) is 5.58. The summed E-state index contributed by atoms with van der Waals surface area (Å²) < 4.78 is 4.30. The first-order chi connectivity index (χ1) is 14.8. The van der Waals surface area contributed by atoms with Crippen molar-refractivity contribution in [2.75, 3.05) is 0 Å². The summed E-state index contributed by atoms with van der Waals surface area (Å²) in [5.74, 6) is 3.28. The van der Waals surface area contributed by atoms with Gasteiger partial charge in [0.05, 0.1) is 17.3 Å². The molecule has 3 aromatic carbocycles. The zero-order valence-electron chi connectivity index (χ0n) is 16.3. The third-order valence-electron chi connectivity index (χ3n) is 5.58. The van der Waals surface area contributed by atoms with Gasteiger partial charge in [0.15, 0.2) is 11.6 Å². The molecule has 2 aromatic heterocycles. The summed E-state index contributed by atoms with van der Waals surface area (Å²) in [4.78, 5) is 0. The van der Waals surface area contributed by atoms with Gasteiger partial charge in [-0.1, -0.05) is 72.8 Å². The van der Waals surface area contributed by atoms with E-state index in [1.54, 1.807) is 0 Å². The number of fused-ring (bicyclic) bond motifs is 5. The van der Waals surface area contributed by atoms with Crippen LogP contribution in [0.15, 0.2) is 84.9 Å². The molecule has 1 aliphatic heterocycles. The molecule has 144 valence electrons. The number of para-hydroxylation sites is 2. The predicted molar refractivity (Wildman–Crippen MR) is 115 cm³/mol. The molecule has 0 saturated carbocycles. The van der Waals surface area contributed by atoms with E-state index in [-0.39, 0.29) is 5.92 Å². The molecule has 30 heavy (non-hydrogen) atoms. The smallest absolute Gasteiger partial charge is 0.168 e. The van der Waals surface area contributed by atoms with Gasteiger partial charge in [-0.25, -0.2) is 0 Å². The first-order valence-corrected chi connectivity index (χ1v) is 9.94. The molecule has 6 nitrogen and oxygen atoms in total. The van der Waals surface area contributed by atoms with Crippen molar-refractivity contribution >= 4 is 0 Å². The standard InChI is InChI=1S/C24H18N6/c1-16-21-25-27-23(17-10-4-2-5-11-17)29(21)19-14-8-9-15-20(19)30-22(16)26-28-24(30)18-12-6-3-7-13-18/h2-16H,1H3. The topological polar surface area (TPSA) is 61.4 Å². The number of hydrogen-bond donors (Lipinski definition) is 0. The molecular weight excluding hydrogens is 372 g/mol. The first kappa shape index (κ1) is 16.9. The van der Waals surface area contributed by atoms with Gasteiger partial charge in [-0.15, -0.1) is 20.4 Å². The lowest BCUT2D eigenvalue weighted by Crippen LogP contribution is -2.07. The monoisotopic (exact) mass is 390 g/mol. The zero-order valence-corrected chi connectivity index (χ0v) is 16.3. The highest BCUT2D eigenvalue weighted by Gasteiger charge is 2.32. The maximum absolute atomic E-state index is 4.59. The molecule has 0 aliphatic carbocycles. The Kier molecular flexibility index (Phi) is 3.64. The molecule has 0 spiro atoms. The molecule has 0 bridgehead atoms. The van der Waals surface area contributed by atoms with Gasteiger partial charge in [-0.3, -0.25) is 9.13 Å². The van der Waals surface area contributed by atoms with E-state index in [1.165, 1.54) is 0 Å². The Hall–Kier alpha value is -4.06. The molecule has 0 saturated heterocycles. The molecular formula is C24H18N6. The third kappa shape index (κ3) is 2.37. The Bertz CT molecular complexity index is 1250. The zero-order chi connectivity index (χ0) is 20.1. The molecule has 3 heterocycles. The van der Waals surface area contributed by atoms with Crippen LogP contribution in [0.4, 0.5) is 0 Å². The highest BCUT2D eigenvalue weighted by Crippen LogP contribution is 2.38. The van der Waals surface area contributed by atoms with Crippen molar-refractivity contribution in [1.82, 2.24) is 29.5 Å². The summed E-state index contributed by atoms with van der Waals surface area (Å²) in [6, 6.07) is 28.6. The van der Waals surface area contributed by atoms with E-state index in [9.17, 15) is 0 Å². The number of rotatable bonds is 2. The normalized spacial score (nSPS) is 12.7.